The van der Waals surface area contributed by atoms with E-state index in [0.717, 1.165) is 11.4 Å². The Balaban J connectivity index is 0.000000244. The summed E-state index contributed by atoms with van der Waals surface area (Å²) < 4.78 is 0. The van der Waals surface area contributed by atoms with E-state index in [-0.39, 0.29) is 44.2 Å². The van der Waals surface area contributed by atoms with E-state index in [1.165, 1.54) is 12.2 Å². The number of hydrogen-bond acceptors (Lipinski definition) is 3. The van der Waals surface area contributed by atoms with Crippen molar-refractivity contribution in [1.29, 1.82) is 0 Å². The Morgan fingerprint density at radius 3 is 1.84 bits per heavy atom. The quantitative estimate of drug-likeness (QED) is 0.655. The van der Waals surface area contributed by atoms with Gasteiger partial charge in [-0.25, -0.2) is 4.79 Å². The van der Waals surface area contributed by atoms with E-state index in [2.05, 4.69) is 5.32 Å². The monoisotopic (exact) mass is 478 g/mol. The van der Waals surface area contributed by atoms with Gasteiger partial charge in [-0.2, -0.15) is 0 Å². The topological polar surface area (TPSA) is 66.4 Å². The van der Waals surface area contributed by atoms with E-state index in [1.807, 2.05) is 60.7 Å². The third kappa shape index (κ3) is 7.14. The van der Waals surface area contributed by atoms with E-state index in [0.29, 0.717) is 0 Å². The maximum atomic E-state index is 10.4. The largest absolute Gasteiger partial charge is 0.481 e. The van der Waals surface area contributed by atoms with Crippen LogP contribution in [0.15, 0.2) is 90.5 Å². The van der Waals surface area contributed by atoms with Crippen molar-refractivity contribution in [2.24, 2.45) is 5.92 Å². The van der Waals surface area contributed by atoms with E-state index in [9.17, 15) is 9.59 Å². The summed E-state index contributed by atoms with van der Waals surface area (Å²) in [6.07, 6.45) is 6.10. The smallest absolute Gasteiger partial charge is 0.315 e. The van der Waals surface area contributed by atoms with Crippen LogP contribution in [0, 0.1) is 44.5 Å². The number of nitrogens with one attached hydrogen (secondary N) is 1. The molecule has 4 nitrogen and oxygen atoms in total. The zero-order valence-corrected chi connectivity index (χ0v) is 15.4. The maximum Gasteiger partial charge on any atom is 0.315 e. The van der Waals surface area contributed by atoms with Crippen molar-refractivity contribution < 1.29 is 53.3 Å². The van der Waals surface area contributed by atoms with Crippen molar-refractivity contribution in [3.63, 3.8) is 0 Å². The molecule has 0 bridgehead atoms. The molecule has 1 unspecified atom stereocenters. The van der Waals surface area contributed by atoms with Crippen LogP contribution in [0.5, 0.6) is 0 Å². The number of benzene rings is 2. The standard InChI is InChI=1S/C12H11N.C8H6O3.Tb/c1-3-7-11(8-4-1)13-12-9-5-2-6-10-12;9-5-6-3-1-2-4-7(6)8(10)11;/h1-10,13H;1-4,7H,(H,10,11);. The van der Waals surface area contributed by atoms with Crippen LogP contribution in [0.2, 0.25) is 0 Å². The van der Waals surface area contributed by atoms with Crippen molar-refractivity contribution in [3.8, 4) is 0 Å². The number of carbonyl (C=O) groups is 1. The van der Waals surface area contributed by atoms with Gasteiger partial charge in [0.1, 0.15) is 11.9 Å². The first kappa shape index (κ1) is 21.0. The summed E-state index contributed by atoms with van der Waals surface area (Å²) in [5.74, 6) is -0.263. The molecular weight excluding hydrogens is 461 g/mol. The van der Waals surface area contributed by atoms with Crippen LogP contribution in [0.1, 0.15) is 0 Å². The minimum atomic E-state index is -1.02. The minimum Gasteiger partial charge on any atom is -0.481 e. The average molecular weight is 478 g/mol. The zero-order chi connectivity index (χ0) is 17.2. The number of carboxylic acid groups (broad SMARTS) is 1. The van der Waals surface area contributed by atoms with Gasteiger partial charge in [0.2, 0.25) is 0 Å². The molecule has 0 amide bonds. The van der Waals surface area contributed by atoms with Gasteiger partial charge in [0, 0.05) is 50.0 Å². The van der Waals surface area contributed by atoms with Gasteiger partial charge in [0.25, 0.3) is 0 Å². The molecule has 1 aliphatic rings. The van der Waals surface area contributed by atoms with Crippen LogP contribution in [0.3, 0.4) is 0 Å². The molecule has 129 valence electrons. The fourth-order valence-electron chi connectivity index (χ4n) is 2.06. The molecule has 2 aromatic carbocycles. The molecule has 0 heterocycles. The Morgan fingerprint density at radius 2 is 1.44 bits per heavy atom. The summed E-state index contributed by atoms with van der Waals surface area (Å²) in [4.78, 5) is 20.6. The molecule has 2 N–H and O–H groups in total. The summed E-state index contributed by atoms with van der Waals surface area (Å²) in [5, 5.41) is 11.9. The molecule has 3 rings (SSSR count). The van der Waals surface area contributed by atoms with Crippen LogP contribution in [-0.4, -0.2) is 17.0 Å². The van der Waals surface area contributed by atoms with E-state index >= 15 is 0 Å². The van der Waals surface area contributed by atoms with Crippen molar-refractivity contribution in [1.82, 2.24) is 0 Å². The van der Waals surface area contributed by atoms with Crippen LogP contribution in [0.4, 0.5) is 11.4 Å². The van der Waals surface area contributed by atoms with Gasteiger partial charge in [-0.1, -0.05) is 54.6 Å². The molecule has 0 spiro atoms. The Bertz CT molecular complexity index is 742. The molecule has 0 saturated carbocycles. The Kier molecular flexibility index (Phi) is 9.62. The second-order valence-corrected chi connectivity index (χ2v) is 4.97. The van der Waals surface area contributed by atoms with Gasteiger partial charge in [-0.15, -0.1) is 0 Å². The molecule has 0 aliphatic heterocycles. The van der Waals surface area contributed by atoms with Crippen LogP contribution < -0.4 is 5.32 Å². The fraction of sp³-hybridized carbons (Fsp3) is 0.0500. The molecule has 1 aliphatic carbocycles. The molecule has 5 heteroatoms. The Labute approximate surface area is 177 Å². The number of carbonyl (C=O) groups excluding carboxylic acids is 1. The van der Waals surface area contributed by atoms with Gasteiger partial charge in [0.15, 0.2) is 0 Å². The van der Waals surface area contributed by atoms with E-state index in [4.69, 9.17) is 5.11 Å². The number of hydrogen-bond donors (Lipinski definition) is 2. The van der Waals surface area contributed by atoms with Gasteiger partial charge < -0.3 is 10.4 Å². The zero-order valence-electron chi connectivity index (χ0n) is 13.3. The van der Waals surface area contributed by atoms with Crippen LogP contribution >= 0.6 is 0 Å². The SMILES string of the molecule is O=C=C1C=CC=CC1C(=O)O.[Tb].c1ccc(Nc2ccccc2)cc1. The summed E-state index contributed by atoms with van der Waals surface area (Å²) in [7, 11) is 0. The van der Waals surface area contributed by atoms with Gasteiger partial charge in [0.05, 0.1) is 5.57 Å². The van der Waals surface area contributed by atoms with E-state index < -0.39 is 11.9 Å². The Morgan fingerprint density at radius 1 is 0.920 bits per heavy atom. The summed E-state index contributed by atoms with van der Waals surface area (Å²) in [6.45, 7) is 0. The van der Waals surface area contributed by atoms with Gasteiger partial charge in [-0.05, 0) is 30.3 Å². The summed E-state index contributed by atoms with van der Waals surface area (Å²) in [6, 6.07) is 20.3. The predicted octanol–water partition coefficient (Wildman–Crippen LogP) is 4.00. The number of anilines is 2. The third-order valence-corrected chi connectivity index (χ3v) is 3.25. The van der Waals surface area contributed by atoms with Crippen molar-refractivity contribution >= 4 is 23.3 Å². The Hall–Kier alpha value is -2.07. The molecule has 0 fully saturated rings. The first-order valence-electron chi connectivity index (χ1n) is 7.40. The fourth-order valence-corrected chi connectivity index (χ4v) is 2.06. The molecule has 0 aromatic heterocycles. The first-order valence-corrected chi connectivity index (χ1v) is 7.40. The van der Waals surface area contributed by atoms with E-state index in [1.54, 1.807) is 18.1 Å². The first-order chi connectivity index (χ1) is 11.7. The third-order valence-electron chi connectivity index (χ3n) is 3.25. The number of carboxylic acids is 1. The molecular formula is C20H17NO3Tb. The van der Waals surface area contributed by atoms with Crippen LogP contribution in [0.25, 0.3) is 0 Å². The number of allylic oxidation sites excluding steroid dienone is 3. The molecule has 1 atom stereocenters. The maximum absolute atomic E-state index is 10.4. The van der Waals surface area contributed by atoms with Gasteiger partial charge in [-0.3, -0.25) is 4.79 Å². The van der Waals surface area contributed by atoms with Crippen molar-refractivity contribution in [3.05, 3.63) is 90.5 Å². The number of aliphatic carboxylic acids is 1. The number of para-hydroxylation sites is 2. The minimum absolute atomic E-state index is 0. The summed E-state index contributed by atoms with van der Waals surface area (Å²) >= 11 is 0. The van der Waals surface area contributed by atoms with Crippen molar-refractivity contribution in [2.45, 2.75) is 0 Å². The predicted molar refractivity (Wildman–Crippen MR) is 94.8 cm³/mol. The molecule has 25 heavy (non-hydrogen) atoms. The summed E-state index contributed by atoms with van der Waals surface area (Å²) in [5.41, 5.74) is 2.41. The normalized spacial score (nSPS) is 14.4. The average Bonchev–Trinajstić information content (AvgIpc) is 2.64. The molecule has 2 aromatic rings. The molecule has 1 radical (unpaired) electrons. The molecule has 0 saturated heterocycles. The van der Waals surface area contributed by atoms with Gasteiger partial charge >= 0.3 is 5.97 Å². The second-order valence-electron chi connectivity index (χ2n) is 4.97. The van der Waals surface area contributed by atoms with Crippen LogP contribution in [-0.2, 0) is 9.59 Å². The van der Waals surface area contributed by atoms with Crippen molar-refractivity contribution in [2.75, 3.05) is 5.32 Å². The second kappa shape index (κ2) is 11.5. The number of rotatable bonds is 3.